The summed E-state index contributed by atoms with van der Waals surface area (Å²) in [5.74, 6) is -6.47. The molecule has 0 unspecified atom stereocenters. The van der Waals surface area contributed by atoms with Crippen molar-refractivity contribution in [3.8, 4) is 0 Å². The molecule has 5 nitrogen and oxygen atoms in total. The maximum absolute atomic E-state index is 13.0. The zero-order valence-corrected chi connectivity index (χ0v) is 11.6. The molecule has 0 spiro atoms. The lowest BCUT2D eigenvalue weighted by atomic mass is 9.85. The summed E-state index contributed by atoms with van der Waals surface area (Å²) >= 11 is 0. The summed E-state index contributed by atoms with van der Waals surface area (Å²) < 4.78 is 48.0. The van der Waals surface area contributed by atoms with E-state index in [4.69, 9.17) is 0 Å². The molecule has 0 aliphatic carbocycles. The molecule has 0 aliphatic heterocycles. The molecule has 118 valence electrons. The maximum atomic E-state index is 13.0. The summed E-state index contributed by atoms with van der Waals surface area (Å²) in [5, 5.41) is 9.43. The van der Waals surface area contributed by atoms with Crippen molar-refractivity contribution < 1.29 is 37.3 Å². The van der Waals surface area contributed by atoms with Gasteiger partial charge < -0.3 is 14.6 Å². The van der Waals surface area contributed by atoms with E-state index in [9.17, 15) is 27.9 Å². The zero-order valence-electron chi connectivity index (χ0n) is 11.6. The second-order valence-electron chi connectivity index (χ2n) is 4.18. The van der Waals surface area contributed by atoms with Gasteiger partial charge in [-0.2, -0.15) is 13.2 Å². The van der Waals surface area contributed by atoms with Crippen molar-refractivity contribution in [1.82, 2.24) is 0 Å². The highest BCUT2D eigenvalue weighted by atomic mass is 19.4. The Morgan fingerprint density at radius 3 is 2.00 bits per heavy atom. The second kappa shape index (κ2) is 8.08. The minimum absolute atomic E-state index is 0.0673. The van der Waals surface area contributed by atoms with Gasteiger partial charge >= 0.3 is 18.1 Å². The van der Waals surface area contributed by atoms with Gasteiger partial charge in [0.25, 0.3) is 0 Å². The second-order valence-corrected chi connectivity index (χ2v) is 4.18. The van der Waals surface area contributed by atoms with Crippen LogP contribution in [-0.4, -0.2) is 42.5 Å². The van der Waals surface area contributed by atoms with Gasteiger partial charge in [0.05, 0.1) is 37.6 Å². The van der Waals surface area contributed by atoms with Crippen molar-refractivity contribution in [3.63, 3.8) is 0 Å². The van der Waals surface area contributed by atoms with E-state index in [1.54, 1.807) is 0 Å². The fourth-order valence-electron chi connectivity index (χ4n) is 1.78. The van der Waals surface area contributed by atoms with Crippen LogP contribution in [-0.2, 0) is 19.1 Å². The Labute approximate surface area is 115 Å². The van der Waals surface area contributed by atoms with E-state index >= 15 is 0 Å². The largest absolute Gasteiger partial charge is 0.466 e. The highest BCUT2D eigenvalue weighted by Crippen LogP contribution is 2.37. The molecular weight excluding hydrogens is 281 g/mol. The van der Waals surface area contributed by atoms with Gasteiger partial charge in [0, 0.05) is 0 Å². The number of ether oxygens (including phenoxy) is 2. The highest BCUT2D eigenvalue weighted by Gasteiger charge is 2.51. The fraction of sp³-hybridized carbons (Fsp3) is 0.833. The molecule has 0 fully saturated rings. The molecule has 0 radical (unpaired) electrons. The van der Waals surface area contributed by atoms with E-state index < -0.39 is 42.5 Å². The standard InChI is InChI=1S/C12H19F3O5/c1-4-19-9(17)6-8(12(13,14)15)10(7(3)16)11(18)20-5-2/h7-8,10,16H,4-6H2,1-3H3/t7-,8+,10+/m0/s1. The van der Waals surface area contributed by atoms with Crippen molar-refractivity contribution in [1.29, 1.82) is 0 Å². The Balaban J connectivity index is 5.23. The minimum Gasteiger partial charge on any atom is -0.466 e. The number of carbonyl (C=O) groups excluding carboxylic acids is 2. The van der Waals surface area contributed by atoms with Gasteiger partial charge in [0.2, 0.25) is 0 Å². The number of aliphatic hydroxyl groups is 1. The molecule has 3 atom stereocenters. The molecule has 0 saturated heterocycles. The van der Waals surface area contributed by atoms with Crippen LogP contribution in [0.15, 0.2) is 0 Å². The molecule has 0 amide bonds. The zero-order chi connectivity index (χ0) is 15.9. The predicted molar refractivity (Wildman–Crippen MR) is 62.6 cm³/mol. The van der Waals surface area contributed by atoms with Crippen LogP contribution >= 0.6 is 0 Å². The van der Waals surface area contributed by atoms with Crippen LogP contribution in [0, 0.1) is 11.8 Å². The third-order valence-corrected chi connectivity index (χ3v) is 2.62. The molecule has 1 N–H and O–H groups in total. The molecule has 0 saturated carbocycles. The van der Waals surface area contributed by atoms with Crippen molar-refractivity contribution in [3.05, 3.63) is 0 Å². The average molecular weight is 300 g/mol. The topological polar surface area (TPSA) is 72.8 Å². The number of aliphatic hydroxyl groups excluding tert-OH is 1. The van der Waals surface area contributed by atoms with Crippen LogP contribution in [0.3, 0.4) is 0 Å². The normalized spacial score (nSPS) is 16.1. The van der Waals surface area contributed by atoms with Crippen LogP contribution < -0.4 is 0 Å². The number of rotatable bonds is 7. The minimum atomic E-state index is -4.83. The molecule has 0 aromatic rings. The molecule has 0 heterocycles. The Morgan fingerprint density at radius 1 is 1.15 bits per heavy atom. The number of esters is 2. The molecule has 0 rings (SSSR count). The molecule has 20 heavy (non-hydrogen) atoms. The van der Waals surface area contributed by atoms with Gasteiger partial charge in [0.1, 0.15) is 0 Å². The molecule has 0 aromatic carbocycles. The number of hydrogen-bond acceptors (Lipinski definition) is 5. The molecule has 0 bridgehead atoms. The Bertz CT molecular complexity index is 328. The van der Waals surface area contributed by atoms with Gasteiger partial charge in [-0.05, 0) is 20.8 Å². The quantitative estimate of drug-likeness (QED) is 0.724. The van der Waals surface area contributed by atoms with Crippen LogP contribution in [0.25, 0.3) is 0 Å². The maximum Gasteiger partial charge on any atom is 0.393 e. The molecule has 0 aromatic heterocycles. The first kappa shape index (κ1) is 18.7. The summed E-state index contributed by atoms with van der Waals surface area (Å²) in [6.45, 7) is 3.75. The lowest BCUT2D eigenvalue weighted by Gasteiger charge is -2.28. The van der Waals surface area contributed by atoms with E-state index in [2.05, 4.69) is 9.47 Å². The Hall–Kier alpha value is -1.31. The van der Waals surface area contributed by atoms with Crippen molar-refractivity contribution in [2.45, 2.75) is 39.5 Å². The summed E-state index contributed by atoms with van der Waals surface area (Å²) in [6, 6.07) is 0. The molecular formula is C12H19F3O5. The third-order valence-electron chi connectivity index (χ3n) is 2.62. The number of alkyl halides is 3. The summed E-state index contributed by atoms with van der Waals surface area (Å²) in [6.07, 6.45) is -7.47. The monoisotopic (exact) mass is 300 g/mol. The van der Waals surface area contributed by atoms with Crippen molar-refractivity contribution in [2.75, 3.05) is 13.2 Å². The van der Waals surface area contributed by atoms with E-state index in [0.717, 1.165) is 6.92 Å². The molecule has 0 aliphatic rings. The van der Waals surface area contributed by atoms with Crippen LogP contribution in [0.2, 0.25) is 0 Å². The first-order valence-corrected chi connectivity index (χ1v) is 6.22. The van der Waals surface area contributed by atoms with Gasteiger partial charge in [-0.15, -0.1) is 0 Å². The first-order valence-electron chi connectivity index (χ1n) is 6.22. The van der Waals surface area contributed by atoms with Gasteiger partial charge in [-0.1, -0.05) is 0 Å². The summed E-state index contributed by atoms with van der Waals surface area (Å²) in [7, 11) is 0. The van der Waals surface area contributed by atoms with Gasteiger partial charge in [-0.3, -0.25) is 9.59 Å². The smallest absolute Gasteiger partial charge is 0.393 e. The summed E-state index contributed by atoms with van der Waals surface area (Å²) in [4.78, 5) is 22.8. The average Bonchev–Trinajstić information content (AvgIpc) is 2.27. The van der Waals surface area contributed by atoms with Crippen molar-refractivity contribution in [2.24, 2.45) is 11.8 Å². The van der Waals surface area contributed by atoms with E-state index in [0.29, 0.717) is 0 Å². The Morgan fingerprint density at radius 2 is 1.65 bits per heavy atom. The van der Waals surface area contributed by atoms with Crippen LogP contribution in [0.4, 0.5) is 13.2 Å². The third kappa shape index (κ3) is 5.77. The van der Waals surface area contributed by atoms with Gasteiger partial charge in [-0.25, -0.2) is 0 Å². The fourth-order valence-corrected chi connectivity index (χ4v) is 1.78. The van der Waals surface area contributed by atoms with E-state index in [1.807, 2.05) is 0 Å². The highest BCUT2D eigenvalue weighted by molar-refractivity contribution is 5.76. The number of carbonyl (C=O) groups is 2. The van der Waals surface area contributed by atoms with E-state index in [-0.39, 0.29) is 13.2 Å². The molecule has 8 heteroatoms. The summed E-state index contributed by atoms with van der Waals surface area (Å²) in [5.41, 5.74) is 0. The van der Waals surface area contributed by atoms with Crippen LogP contribution in [0.5, 0.6) is 0 Å². The lowest BCUT2D eigenvalue weighted by Crippen LogP contribution is -2.43. The first-order chi connectivity index (χ1) is 9.15. The van der Waals surface area contributed by atoms with Crippen LogP contribution in [0.1, 0.15) is 27.2 Å². The van der Waals surface area contributed by atoms with Crippen molar-refractivity contribution >= 4 is 11.9 Å². The number of hydrogen-bond donors (Lipinski definition) is 1. The SMILES string of the molecule is CCOC(=O)C[C@H]([C@H](C(=O)OCC)[C@H](C)O)C(F)(F)F. The predicted octanol–water partition coefficient (Wildman–Crippen LogP) is 1.68. The number of halogens is 3. The van der Waals surface area contributed by atoms with Gasteiger partial charge in [0.15, 0.2) is 0 Å². The lowest BCUT2D eigenvalue weighted by molar-refractivity contribution is -0.211. The Kier molecular flexibility index (Phi) is 7.55. The van der Waals surface area contributed by atoms with E-state index in [1.165, 1.54) is 13.8 Å².